The summed E-state index contributed by atoms with van der Waals surface area (Å²) >= 11 is 0. The summed E-state index contributed by atoms with van der Waals surface area (Å²) in [7, 11) is -3.71. The van der Waals surface area contributed by atoms with Gasteiger partial charge in [-0.1, -0.05) is 12.1 Å². The number of nitrogens with one attached hydrogen (secondary N) is 1. The summed E-state index contributed by atoms with van der Waals surface area (Å²) < 4.78 is 34.0. The van der Waals surface area contributed by atoms with E-state index in [9.17, 15) is 18.0 Å². The molecule has 3 heterocycles. The van der Waals surface area contributed by atoms with Crippen LogP contribution < -0.4 is 10.9 Å². The first-order chi connectivity index (χ1) is 15.3. The molecule has 1 unspecified atom stereocenters. The maximum atomic E-state index is 13.0. The molecule has 1 amide bonds. The lowest BCUT2D eigenvalue weighted by Gasteiger charge is -2.33. The predicted octanol–water partition coefficient (Wildman–Crippen LogP) is 2.90. The molecule has 2 aliphatic rings. The smallest absolute Gasteiger partial charge is 0.336 e. The molecule has 8 nitrogen and oxygen atoms in total. The van der Waals surface area contributed by atoms with Gasteiger partial charge >= 0.3 is 5.63 Å². The van der Waals surface area contributed by atoms with Crippen LogP contribution in [0.2, 0.25) is 0 Å². The van der Waals surface area contributed by atoms with Gasteiger partial charge in [0.25, 0.3) is 10.0 Å². The molecule has 0 aliphatic carbocycles. The van der Waals surface area contributed by atoms with E-state index in [4.69, 9.17) is 4.42 Å². The van der Waals surface area contributed by atoms with Crippen molar-refractivity contribution in [2.75, 3.05) is 18.4 Å². The molecule has 2 aliphatic heterocycles. The lowest BCUT2D eigenvalue weighted by atomic mass is 9.96. The van der Waals surface area contributed by atoms with Crippen LogP contribution in [0.15, 0.2) is 67.0 Å². The summed E-state index contributed by atoms with van der Waals surface area (Å²) in [5.74, 6) is -0.0954. The molecule has 0 spiro atoms. The molecule has 164 valence electrons. The fourth-order valence-corrected chi connectivity index (χ4v) is 5.57. The van der Waals surface area contributed by atoms with Crippen molar-refractivity contribution >= 4 is 38.4 Å². The van der Waals surface area contributed by atoms with E-state index in [-0.39, 0.29) is 16.7 Å². The Labute approximate surface area is 184 Å². The van der Waals surface area contributed by atoms with E-state index in [0.717, 1.165) is 17.4 Å². The summed E-state index contributed by atoms with van der Waals surface area (Å²) in [5, 5.41) is 3.71. The van der Waals surface area contributed by atoms with Crippen LogP contribution in [0.5, 0.6) is 0 Å². The van der Waals surface area contributed by atoms with E-state index in [1.807, 2.05) is 17.9 Å². The molecule has 5 rings (SSSR count). The number of hydrogen-bond donors (Lipinski definition) is 1. The number of anilines is 1. The van der Waals surface area contributed by atoms with Gasteiger partial charge in [0, 0.05) is 41.9 Å². The van der Waals surface area contributed by atoms with Crippen molar-refractivity contribution < 1.29 is 17.6 Å². The van der Waals surface area contributed by atoms with Crippen LogP contribution in [-0.4, -0.2) is 38.2 Å². The number of benzene rings is 2. The first-order valence-electron chi connectivity index (χ1n) is 10.4. The van der Waals surface area contributed by atoms with Gasteiger partial charge in [-0.3, -0.25) is 4.79 Å². The molecule has 3 aromatic rings. The fraction of sp³-hybridized carbons (Fsp3) is 0.261. The number of sulfonamides is 1. The van der Waals surface area contributed by atoms with Gasteiger partial charge in [-0.25, -0.2) is 4.79 Å². The number of amides is 1. The number of rotatable bonds is 2. The third-order valence-corrected chi connectivity index (χ3v) is 7.25. The summed E-state index contributed by atoms with van der Waals surface area (Å²) in [4.78, 5) is 26.7. The van der Waals surface area contributed by atoms with Crippen molar-refractivity contribution in [3.05, 3.63) is 70.1 Å². The Bertz CT molecular complexity index is 1440. The highest BCUT2D eigenvalue weighted by atomic mass is 32.2. The highest BCUT2D eigenvalue weighted by Crippen LogP contribution is 2.30. The van der Waals surface area contributed by atoms with E-state index in [1.54, 1.807) is 36.4 Å². The minimum Gasteiger partial charge on any atom is -0.423 e. The number of nitrogens with zero attached hydrogens (tertiary/aromatic N) is 2. The number of carbonyl (C=O) groups excluding carboxylic acids is 1. The minimum atomic E-state index is -3.71. The maximum Gasteiger partial charge on any atom is 0.336 e. The number of aryl methyl sites for hydroxylation is 1. The third kappa shape index (κ3) is 3.58. The Hall–Kier alpha value is -3.46. The summed E-state index contributed by atoms with van der Waals surface area (Å²) in [6.07, 6.45) is 1.43. The molecular formula is C23H21N3O5S. The lowest BCUT2D eigenvalue weighted by molar-refractivity contribution is -0.121. The minimum absolute atomic E-state index is 0.168. The molecule has 1 saturated heterocycles. The van der Waals surface area contributed by atoms with Crippen LogP contribution >= 0.6 is 0 Å². The van der Waals surface area contributed by atoms with E-state index >= 15 is 0 Å². The molecular weight excluding hydrogens is 430 g/mol. The zero-order valence-electron chi connectivity index (χ0n) is 17.4. The van der Waals surface area contributed by atoms with Crippen molar-refractivity contribution in [2.45, 2.75) is 24.7 Å². The monoisotopic (exact) mass is 451 g/mol. The highest BCUT2D eigenvalue weighted by Gasteiger charge is 2.35. The molecule has 9 heteroatoms. The number of hydrogen-bond acceptors (Lipinski definition) is 6. The van der Waals surface area contributed by atoms with Crippen LogP contribution in [0.1, 0.15) is 24.0 Å². The quantitative estimate of drug-likeness (QED) is 0.600. The lowest BCUT2D eigenvalue weighted by Crippen LogP contribution is -2.43. The molecule has 0 bridgehead atoms. The fourth-order valence-electron chi connectivity index (χ4n) is 4.35. The number of carbonyl (C=O) groups is 1. The Kier molecular flexibility index (Phi) is 4.85. The van der Waals surface area contributed by atoms with E-state index in [0.29, 0.717) is 42.2 Å². The van der Waals surface area contributed by atoms with Crippen molar-refractivity contribution in [2.24, 2.45) is 10.3 Å². The van der Waals surface area contributed by atoms with Gasteiger partial charge in [0.1, 0.15) is 10.5 Å². The number of fused-ring (bicyclic) bond motifs is 2. The molecule has 32 heavy (non-hydrogen) atoms. The molecule has 1 fully saturated rings. The summed E-state index contributed by atoms with van der Waals surface area (Å²) in [5.41, 5.74) is 1.91. The first-order valence-corrected chi connectivity index (χ1v) is 11.8. The molecule has 1 atom stereocenters. The zero-order valence-corrected chi connectivity index (χ0v) is 18.2. The predicted molar refractivity (Wildman–Crippen MR) is 120 cm³/mol. The number of likely N-dealkylation sites (tertiary alicyclic amines) is 1. The number of piperidine rings is 1. The topological polar surface area (TPSA) is 109 Å². The van der Waals surface area contributed by atoms with E-state index in [2.05, 4.69) is 9.71 Å². The second kappa shape index (κ2) is 7.59. The highest BCUT2D eigenvalue weighted by molar-refractivity contribution is 7.90. The second-order valence-electron chi connectivity index (χ2n) is 8.12. The average molecular weight is 452 g/mol. The maximum absolute atomic E-state index is 13.0. The second-order valence-corrected chi connectivity index (χ2v) is 9.69. The largest absolute Gasteiger partial charge is 0.423 e. The van der Waals surface area contributed by atoms with Gasteiger partial charge in [-0.2, -0.15) is 8.42 Å². The van der Waals surface area contributed by atoms with E-state index in [1.165, 1.54) is 6.07 Å². The Morgan fingerprint density at radius 3 is 2.84 bits per heavy atom. The van der Waals surface area contributed by atoms with Gasteiger partial charge in [-0.05, 0) is 49.6 Å². The molecule has 1 N–H and O–H groups in total. The van der Waals surface area contributed by atoms with Gasteiger partial charge < -0.3 is 14.6 Å². The van der Waals surface area contributed by atoms with Crippen molar-refractivity contribution in [3.63, 3.8) is 0 Å². The molecule has 0 saturated carbocycles. The van der Waals surface area contributed by atoms with Crippen molar-refractivity contribution in [3.8, 4) is 0 Å². The standard InChI is InChI=1S/C23H21N3O5S/c1-14-11-21(27)31-19-12-16(8-9-17(14)19)24-23(28)15-5-4-10-26(13-15)22-18-6-2-3-7-20(18)32(29,30)25-22/h2-3,6-9,11-12,15H,4-5,10,13H2,1H3,(H,24,28). The Morgan fingerprint density at radius 1 is 1.19 bits per heavy atom. The summed E-state index contributed by atoms with van der Waals surface area (Å²) in [6, 6.07) is 13.4. The van der Waals surface area contributed by atoms with Crippen LogP contribution in [-0.2, 0) is 14.8 Å². The summed E-state index contributed by atoms with van der Waals surface area (Å²) in [6.45, 7) is 2.83. The normalized spacial score (nSPS) is 19.5. The van der Waals surface area contributed by atoms with Crippen LogP contribution in [0, 0.1) is 12.8 Å². The number of amidine groups is 1. The van der Waals surface area contributed by atoms with Gasteiger partial charge in [-0.15, -0.1) is 4.40 Å². The Morgan fingerprint density at radius 2 is 2.00 bits per heavy atom. The van der Waals surface area contributed by atoms with Gasteiger partial charge in [0.05, 0.1) is 5.92 Å². The molecule has 2 aromatic carbocycles. The van der Waals surface area contributed by atoms with Crippen LogP contribution in [0.3, 0.4) is 0 Å². The van der Waals surface area contributed by atoms with Crippen molar-refractivity contribution in [1.29, 1.82) is 0 Å². The molecule has 0 radical (unpaired) electrons. The van der Waals surface area contributed by atoms with Crippen LogP contribution in [0.25, 0.3) is 11.0 Å². The van der Waals surface area contributed by atoms with Gasteiger partial charge in [0.2, 0.25) is 5.91 Å². The molecule has 1 aromatic heterocycles. The third-order valence-electron chi connectivity index (χ3n) is 5.92. The van der Waals surface area contributed by atoms with Gasteiger partial charge in [0.15, 0.2) is 5.84 Å². The first kappa shape index (κ1) is 20.4. The average Bonchev–Trinajstić information content (AvgIpc) is 3.05. The Balaban J connectivity index is 1.36. The SMILES string of the molecule is Cc1cc(=O)oc2cc(NC(=O)C3CCCN(C4=NS(=O)(=O)c5ccccc54)C3)ccc12. The zero-order chi connectivity index (χ0) is 22.5. The van der Waals surface area contributed by atoms with E-state index < -0.39 is 15.6 Å². The van der Waals surface area contributed by atoms with Crippen LogP contribution in [0.4, 0.5) is 5.69 Å². The van der Waals surface area contributed by atoms with Crippen molar-refractivity contribution in [1.82, 2.24) is 4.90 Å².